The minimum Gasteiger partial charge on any atom is -0.362 e. The second-order valence-electron chi connectivity index (χ2n) is 4.84. The van der Waals surface area contributed by atoms with E-state index < -0.39 is 0 Å². The molecule has 3 N–H and O–H groups in total. The molecule has 3 rings (SSSR count). The van der Waals surface area contributed by atoms with E-state index in [-0.39, 0.29) is 6.04 Å². The topological polar surface area (TPSA) is 78.5 Å². The summed E-state index contributed by atoms with van der Waals surface area (Å²) in [6, 6.07) is 4.36. The first kappa shape index (κ1) is 13.8. The lowest BCUT2D eigenvalue weighted by Crippen LogP contribution is -2.10. The molecule has 0 radical (unpaired) electrons. The number of thiophene rings is 1. The number of fused-ring (bicyclic) bond motifs is 1. The standard InChI is InChI=1S/C14H18N6S/c1-3-6-15-14-18-12(10-8-16-20-13(10)19-14)17-9(2)11-5-4-7-21-11/h4-5,7-9H,3,6H2,1-2H3,(H3,15,16,17,18,19,20). The van der Waals surface area contributed by atoms with Gasteiger partial charge in [-0.15, -0.1) is 11.3 Å². The molecule has 0 saturated carbocycles. The quantitative estimate of drug-likeness (QED) is 0.650. The summed E-state index contributed by atoms with van der Waals surface area (Å²) in [6.07, 6.45) is 2.78. The molecule has 3 aromatic heterocycles. The number of aromatic nitrogens is 4. The molecule has 3 aromatic rings. The third-order valence-corrected chi connectivity index (χ3v) is 4.22. The minimum atomic E-state index is 0.192. The number of anilines is 2. The normalized spacial score (nSPS) is 12.5. The zero-order valence-corrected chi connectivity index (χ0v) is 12.9. The Kier molecular flexibility index (Phi) is 4.01. The zero-order chi connectivity index (χ0) is 14.7. The van der Waals surface area contributed by atoms with Gasteiger partial charge in [0.05, 0.1) is 17.6 Å². The van der Waals surface area contributed by atoms with Gasteiger partial charge in [0.1, 0.15) is 5.82 Å². The number of hydrogen-bond acceptors (Lipinski definition) is 6. The zero-order valence-electron chi connectivity index (χ0n) is 12.1. The molecule has 0 aromatic carbocycles. The van der Waals surface area contributed by atoms with Gasteiger partial charge in [-0.25, -0.2) is 0 Å². The summed E-state index contributed by atoms with van der Waals surface area (Å²) in [4.78, 5) is 10.3. The Hall–Kier alpha value is -2.15. The van der Waals surface area contributed by atoms with E-state index in [1.165, 1.54) is 4.88 Å². The van der Waals surface area contributed by atoms with Crippen LogP contribution in [0.2, 0.25) is 0 Å². The first-order chi connectivity index (χ1) is 10.3. The minimum absolute atomic E-state index is 0.192. The fourth-order valence-electron chi connectivity index (χ4n) is 2.07. The van der Waals surface area contributed by atoms with Crippen LogP contribution in [0.5, 0.6) is 0 Å². The van der Waals surface area contributed by atoms with Gasteiger partial charge in [-0.2, -0.15) is 15.1 Å². The van der Waals surface area contributed by atoms with E-state index in [2.05, 4.69) is 62.2 Å². The molecule has 1 unspecified atom stereocenters. The smallest absolute Gasteiger partial charge is 0.226 e. The Morgan fingerprint density at radius 2 is 2.29 bits per heavy atom. The van der Waals surface area contributed by atoms with Gasteiger partial charge in [0, 0.05) is 11.4 Å². The molecule has 0 aliphatic heterocycles. The third kappa shape index (κ3) is 2.97. The van der Waals surface area contributed by atoms with E-state index in [1.807, 2.05) is 0 Å². The van der Waals surface area contributed by atoms with Crippen LogP contribution in [-0.4, -0.2) is 26.7 Å². The first-order valence-electron chi connectivity index (χ1n) is 7.03. The summed E-state index contributed by atoms with van der Waals surface area (Å²) >= 11 is 1.73. The lowest BCUT2D eigenvalue weighted by Gasteiger charge is -2.14. The maximum Gasteiger partial charge on any atom is 0.226 e. The molecule has 0 spiro atoms. The van der Waals surface area contributed by atoms with E-state index in [1.54, 1.807) is 17.5 Å². The molecule has 0 bridgehead atoms. The molecule has 3 heterocycles. The van der Waals surface area contributed by atoms with Crippen LogP contribution < -0.4 is 10.6 Å². The van der Waals surface area contributed by atoms with Crippen molar-refractivity contribution in [1.29, 1.82) is 0 Å². The van der Waals surface area contributed by atoms with Crippen LogP contribution in [0.4, 0.5) is 11.8 Å². The molecular formula is C14H18N6S. The van der Waals surface area contributed by atoms with E-state index in [4.69, 9.17) is 0 Å². The molecule has 7 heteroatoms. The average molecular weight is 302 g/mol. The van der Waals surface area contributed by atoms with Crippen molar-refractivity contribution in [3.8, 4) is 0 Å². The fraction of sp³-hybridized carbons (Fsp3) is 0.357. The monoisotopic (exact) mass is 302 g/mol. The predicted octanol–water partition coefficient (Wildman–Crippen LogP) is 3.41. The van der Waals surface area contributed by atoms with Crippen molar-refractivity contribution in [3.05, 3.63) is 28.6 Å². The summed E-state index contributed by atoms with van der Waals surface area (Å²) in [7, 11) is 0. The van der Waals surface area contributed by atoms with Gasteiger partial charge in [-0.3, -0.25) is 5.10 Å². The SMILES string of the molecule is CCCNc1nc(NC(C)c2cccs2)c2cn[nH]c2n1. The summed E-state index contributed by atoms with van der Waals surface area (Å²) in [5.41, 5.74) is 0.740. The van der Waals surface area contributed by atoms with Crippen LogP contribution in [0.1, 0.15) is 31.2 Å². The summed E-state index contributed by atoms with van der Waals surface area (Å²) in [5, 5.41) is 16.6. The van der Waals surface area contributed by atoms with Gasteiger partial charge in [0.2, 0.25) is 5.95 Å². The lowest BCUT2D eigenvalue weighted by molar-refractivity contribution is 0.894. The predicted molar refractivity (Wildman–Crippen MR) is 86.8 cm³/mol. The molecule has 21 heavy (non-hydrogen) atoms. The van der Waals surface area contributed by atoms with Gasteiger partial charge in [0.15, 0.2) is 5.65 Å². The van der Waals surface area contributed by atoms with Crippen LogP contribution in [0.15, 0.2) is 23.7 Å². The molecular weight excluding hydrogens is 284 g/mol. The Morgan fingerprint density at radius 1 is 1.38 bits per heavy atom. The highest BCUT2D eigenvalue weighted by atomic mass is 32.1. The number of rotatable bonds is 6. The second-order valence-corrected chi connectivity index (χ2v) is 5.82. The van der Waals surface area contributed by atoms with Crippen molar-refractivity contribution < 1.29 is 0 Å². The highest BCUT2D eigenvalue weighted by Gasteiger charge is 2.13. The van der Waals surface area contributed by atoms with Crippen molar-refractivity contribution in [2.75, 3.05) is 17.2 Å². The van der Waals surface area contributed by atoms with Crippen LogP contribution in [0.25, 0.3) is 11.0 Å². The number of H-pyrrole nitrogens is 1. The molecule has 110 valence electrons. The van der Waals surface area contributed by atoms with Crippen LogP contribution in [0.3, 0.4) is 0 Å². The lowest BCUT2D eigenvalue weighted by atomic mass is 10.2. The first-order valence-corrected chi connectivity index (χ1v) is 7.91. The van der Waals surface area contributed by atoms with Crippen molar-refractivity contribution in [1.82, 2.24) is 20.2 Å². The Morgan fingerprint density at radius 3 is 3.05 bits per heavy atom. The van der Waals surface area contributed by atoms with E-state index >= 15 is 0 Å². The van der Waals surface area contributed by atoms with Gasteiger partial charge >= 0.3 is 0 Å². The van der Waals surface area contributed by atoms with Crippen molar-refractivity contribution in [3.63, 3.8) is 0 Å². The van der Waals surface area contributed by atoms with Crippen LogP contribution >= 0.6 is 11.3 Å². The van der Waals surface area contributed by atoms with Crippen molar-refractivity contribution >= 4 is 34.1 Å². The molecule has 6 nitrogen and oxygen atoms in total. The largest absolute Gasteiger partial charge is 0.362 e. The Labute approximate surface area is 127 Å². The maximum absolute atomic E-state index is 4.57. The highest BCUT2D eigenvalue weighted by Crippen LogP contribution is 2.26. The summed E-state index contributed by atoms with van der Waals surface area (Å²) in [6.45, 7) is 5.08. The third-order valence-electron chi connectivity index (χ3n) is 3.17. The fourth-order valence-corrected chi connectivity index (χ4v) is 2.81. The molecule has 0 amide bonds. The van der Waals surface area contributed by atoms with Crippen LogP contribution in [0, 0.1) is 0 Å². The summed E-state index contributed by atoms with van der Waals surface area (Å²) in [5.74, 6) is 1.42. The average Bonchev–Trinajstić information content (AvgIpc) is 3.15. The van der Waals surface area contributed by atoms with Crippen LogP contribution in [-0.2, 0) is 0 Å². The number of nitrogens with zero attached hydrogens (tertiary/aromatic N) is 3. The second kappa shape index (κ2) is 6.09. The van der Waals surface area contributed by atoms with Crippen molar-refractivity contribution in [2.45, 2.75) is 26.3 Å². The van der Waals surface area contributed by atoms with Crippen molar-refractivity contribution in [2.24, 2.45) is 0 Å². The molecule has 1 atom stereocenters. The number of hydrogen-bond donors (Lipinski definition) is 3. The van der Waals surface area contributed by atoms with Gasteiger partial charge in [-0.1, -0.05) is 13.0 Å². The summed E-state index contributed by atoms with van der Waals surface area (Å²) < 4.78 is 0. The maximum atomic E-state index is 4.57. The van der Waals surface area contributed by atoms with E-state index in [0.717, 1.165) is 29.8 Å². The Bertz CT molecular complexity index is 705. The Balaban J connectivity index is 1.90. The number of aromatic amines is 1. The molecule has 0 fully saturated rings. The van der Waals surface area contributed by atoms with Gasteiger partial charge in [0.25, 0.3) is 0 Å². The molecule has 0 aliphatic rings. The highest BCUT2D eigenvalue weighted by molar-refractivity contribution is 7.10. The van der Waals surface area contributed by atoms with Gasteiger partial charge in [-0.05, 0) is 24.8 Å². The van der Waals surface area contributed by atoms with E-state index in [9.17, 15) is 0 Å². The van der Waals surface area contributed by atoms with Gasteiger partial charge < -0.3 is 10.6 Å². The molecule has 0 saturated heterocycles. The van der Waals surface area contributed by atoms with E-state index in [0.29, 0.717) is 5.95 Å². The number of nitrogens with one attached hydrogen (secondary N) is 3. The molecule has 0 aliphatic carbocycles.